The molecule has 6 nitrogen and oxygen atoms in total. The first-order valence-electron chi connectivity index (χ1n) is 1.22. The molecular formula is BaCoO6Ti2. The van der Waals surface area contributed by atoms with Crippen molar-refractivity contribution >= 4 is 48.9 Å². The minimum absolute atomic E-state index is 0. The van der Waals surface area contributed by atoms with E-state index in [-0.39, 0.29) is 65.7 Å². The Kier molecular flexibility index (Phi) is 41.3. The predicted molar refractivity (Wildman–Crippen MR) is 7.13 cm³/mol. The van der Waals surface area contributed by atoms with Crippen LogP contribution in [0.5, 0.6) is 0 Å². The zero-order valence-corrected chi connectivity index (χ0v) is 13.1. The molecule has 0 aliphatic heterocycles. The molecule has 0 saturated carbocycles. The van der Waals surface area contributed by atoms with Gasteiger partial charge in [0, 0.05) is 0 Å². The van der Waals surface area contributed by atoms with Crippen molar-refractivity contribution in [3.8, 4) is 0 Å². The summed E-state index contributed by atoms with van der Waals surface area (Å²) in [5.41, 5.74) is 0. The van der Waals surface area contributed by atoms with Gasteiger partial charge in [-0.2, -0.15) is 0 Å². The zero-order valence-electron chi connectivity index (χ0n) is 4.49. The van der Waals surface area contributed by atoms with E-state index < -0.39 is 37.2 Å². The van der Waals surface area contributed by atoms with Crippen LogP contribution in [-0.4, -0.2) is 48.9 Å². The molecule has 0 heterocycles. The molecule has 0 atom stereocenters. The number of rotatable bonds is 0. The first-order chi connectivity index (χ1) is 3.46. The van der Waals surface area contributed by atoms with Gasteiger partial charge in [0.15, 0.2) is 0 Å². The van der Waals surface area contributed by atoms with E-state index in [4.69, 9.17) is 21.4 Å². The second-order valence-corrected chi connectivity index (χ2v) is 2.06. The quantitative estimate of drug-likeness (QED) is 0.382. The van der Waals surface area contributed by atoms with Crippen molar-refractivity contribution in [1.82, 2.24) is 0 Å². The van der Waals surface area contributed by atoms with Gasteiger partial charge in [-0.15, -0.1) is 0 Å². The van der Waals surface area contributed by atoms with Crippen LogP contribution in [-0.2, 0) is 60.7 Å². The summed E-state index contributed by atoms with van der Waals surface area (Å²) >= 11 is -8.17. The summed E-state index contributed by atoms with van der Waals surface area (Å²) in [6.07, 6.45) is 0. The molecule has 55 valence electrons. The standard InChI is InChI=1S/Ba.Co.6O.2Ti/q2*+2;;;4*-1;;. The van der Waals surface area contributed by atoms with E-state index in [1.807, 2.05) is 0 Å². The Morgan fingerprint density at radius 2 is 0.800 bits per heavy atom. The van der Waals surface area contributed by atoms with Crippen molar-refractivity contribution in [2.45, 2.75) is 0 Å². The summed E-state index contributed by atoms with van der Waals surface area (Å²) < 4.78 is 51.5. The van der Waals surface area contributed by atoms with Crippen molar-refractivity contribution in [1.29, 1.82) is 0 Å². The van der Waals surface area contributed by atoms with Crippen molar-refractivity contribution < 1.29 is 75.4 Å². The van der Waals surface area contributed by atoms with Crippen molar-refractivity contribution in [2.24, 2.45) is 0 Å². The van der Waals surface area contributed by atoms with Crippen LogP contribution < -0.4 is 14.8 Å². The van der Waals surface area contributed by atoms with Crippen molar-refractivity contribution in [2.75, 3.05) is 0 Å². The second-order valence-electron chi connectivity index (χ2n) is 0.500. The second kappa shape index (κ2) is 17.9. The summed E-state index contributed by atoms with van der Waals surface area (Å²) in [7, 11) is 0. The molecule has 0 N–H and O–H groups in total. The maximum atomic E-state index is 8.58. The molecule has 0 saturated heterocycles. The van der Waals surface area contributed by atoms with Gasteiger partial charge in [-0.25, -0.2) is 0 Å². The average Bonchev–Trinajstić information content (AvgIpc) is 1.25. The molecule has 10 heavy (non-hydrogen) atoms. The Morgan fingerprint density at radius 1 is 0.800 bits per heavy atom. The molecule has 0 amide bonds. The van der Waals surface area contributed by atoms with E-state index >= 15 is 0 Å². The predicted octanol–water partition coefficient (Wildman–Crippen LogP) is -5.38. The van der Waals surface area contributed by atoms with Crippen LogP contribution in [0.3, 0.4) is 0 Å². The molecule has 0 aliphatic carbocycles. The fraction of sp³-hybridized carbons (Fsp3) is 0. The van der Waals surface area contributed by atoms with Crippen molar-refractivity contribution in [3.05, 3.63) is 0 Å². The van der Waals surface area contributed by atoms with Gasteiger partial charge in [0.05, 0.1) is 0 Å². The fourth-order valence-corrected chi connectivity index (χ4v) is 0. The van der Waals surface area contributed by atoms with Crippen LogP contribution in [0.15, 0.2) is 0 Å². The Balaban J connectivity index is -0.0000000300. The monoisotopic (exact) mass is 389 g/mol. The summed E-state index contributed by atoms with van der Waals surface area (Å²) in [5.74, 6) is 0. The van der Waals surface area contributed by atoms with E-state index in [1.54, 1.807) is 0 Å². The van der Waals surface area contributed by atoms with Gasteiger partial charge >= 0.3 is 124 Å². The molecule has 0 spiro atoms. The molecule has 0 aromatic rings. The third-order valence-electron chi connectivity index (χ3n) is 0. The zero-order chi connectivity index (χ0) is 7.15. The van der Waals surface area contributed by atoms with Gasteiger partial charge < -0.3 is 0 Å². The van der Waals surface area contributed by atoms with Gasteiger partial charge in [-0.05, 0) is 0 Å². The maximum absolute atomic E-state index is 8.58. The minimum atomic E-state index is -4.08. The van der Waals surface area contributed by atoms with Crippen LogP contribution in [0.4, 0.5) is 0 Å². The Labute approximate surface area is 122 Å². The molecular weight excluding hydrogens is 388 g/mol. The molecule has 0 unspecified atom stereocenters. The number of hydrogen-bond donors (Lipinski definition) is 0. The Morgan fingerprint density at radius 3 is 0.800 bits per heavy atom. The summed E-state index contributed by atoms with van der Waals surface area (Å²) in [6, 6.07) is 0. The van der Waals surface area contributed by atoms with E-state index in [9.17, 15) is 0 Å². The van der Waals surface area contributed by atoms with Gasteiger partial charge in [0.1, 0.15) is 0 Å². The van der Waals surface area contributed by atoms with E-state index in [2.05, 4.69) is 0 Å². The Hall–Kier alpha value is 2.95. The van der Waals surface area contributed by atoms with Gasteiger partial charge in [-0.3, -0.25) is 0 Å². The van der Waals surface area contributed by atoms with Crippen LogP contribution >= 0.6 is 0 Å². The molecule has 0 aliphatic rings. The first kappa shape index (κ1) is 23.1. The average molecular weight is 388 g/mol. The first-order valence-corrected chi connectivity index (χ1v) is 5.05. The third-order valence-corrected chi connectivity index (χ3v) is 0. The van der Waals surface area contributed by atoms with Crippen molar-refractivity contribution in [3.63, 3.8) is 0 Å². The van der Waals surface area contributed by atoms with Gasteiger partial charge in [-0.1, -0.05) is 0 Å². The normalized spacial score (nSPS) is 5.20. The van der Waals surface area contributed by atoms with E-state index in [0.717, 1.165) is 0 Å². The summed E-state index contributed by atoms with van der Waals surface area (Å²) in [4.78, 5) is 0. The molecule has 10 heteroatoms. The number of hydrogen-bond acceptors (Lipinski definition) is 6. The summed E-state index contributed by atoms with van der Waals surface area (Å²) in [5, 5.41) is 0. The molecule has 1 radical (unpaired) electrons. The topological polar surface area (TPSA) is 126 Å². The van der Waals surface area contributed by atoms with E-state index in [1.165, 1.54) is 0 Å². The fourth-order valence-electron chi connectivity index (χ4n) is 0. The van der Waals surface area contributed by atoms with Crippen LogP contribution in [0.25, 0.3) is 0 Å². The SMILES string of the molecule is [Ba+2].[Co+2].[O]=[Ti]([O-])[O-].[O]=[Ti]([O-])[O-]. The van der Waals surface area contributed by atoms with Crippen LogP contribution in [0.2, 0.25) is 0 Å². The Bertz CT molecular complexity index is 73.7. The van der Waals surface area contributed by atoms with Gasteiger partial charge in [0.2, 0.25) is 0 Å². The molecule has 0 aromatic carbocycles. The summed E-state index contributed by atoms with van der Waals surface area (Å²) in [6.45, 7) is 0. The van der Waals surface area contributed by atoms with E-state index in [0.29, 0.717) is 0 Å². The molecule has 0 aromatic heterocycles. The van der Waals surface area contributed by atoms with Gasteiger partial charge in [0.25, 0.3) is 0 Å². The van der Waals surface area contributed by atoms with Crippen LogP contribution in [0, 0.1) is 0 Å². The molecule has 0 rings (SSSR count). The molecule has 0 bridgehead atoms. The third kappa shape index (κ3) is 125. The molecule has 0 fully saturated rings. The van der Waals surface area contributed by atoms with Crippen LogP contribution in [0.1, 0.15) is 0 Å².